The van der Waals surface area contributed by atoms with Crippen molar-refractivity contribution in [3.8, 4) is 11.1 Å². The standard InChI is InChI=1S/C22H20N6.2C2H6.2CH2O/c1-15(23)28-22(26-12-16-7-9-19(24-2)10-8-16)20(14-27-28)18-11-17-5-3-4-6-21(17)25-13-18;4*1-2/h3-14,24H,1,23H2,2H3;2*1-2H3;2*1H2/b26-12+;;;;. The normalized spacial score (nSPS) is 9.25. The Bertz CT molecular complexity index is 1210. The number of nitrogens with two attached hydrogens (primary N) is 1. The first-order valence-corrected chi connectivity index (χ1v) is 11.4. The van der Waals surface area contributed by atoms with Gasteiger partial charge in [0.1, 0.15) is 19.4 Å². The van der Waals surface area contributed by atoms with Gasteiger partial charge in [0.15, 0.2) is 5.82 Å². The Morgan fingerprint density at radius 3 is 2.17 bits per heavy atom. The highest BCUT2D eigenvalue weighted by atomic mass is 16.1. The van der Waals surface area contributed by atoms with Crippen LogP contribution in [0.1, 0.15) is 33.3 Å². The molecule has 0 saturated carbocycles. The largest absolute Gasteiger partial charge is 0.388 e. The van der Waals surface area contributed by atoms with Crippen LogP contribution in [0.25, 0.3) is 27.9 Å². The monoisotopic (exact) mass is 488 g/mol. The van der Waals surface area contributed by atoms with Crippen molar-refractivity contribution in [3.05, 3.63) is 79.1 Å². The molecule has 36 heavy (non-hydrogen) atoms. The number of anilines is 1. The number of pyridine rings is 1. The summed E-state index contributed by atoms with van der Waals surface area (Å²) in [5, 5.41) is 8.50. The third kappa shape index (κ3) is 8.32. The molecule has 190 valence electrons. The molecule has 0 bridgehead atoms. The van der Waals surface area contributed by atoms with Gasteiger partial charge in [-0.2, -0.15) is 9.78 Å². The van der Waals surface area contributed by atoms with Crippen LogP contribution in [0.3, 0.4) is 0 Å². The Kier molecular flexibility index (Phi) is 15.6. The van der Waals surface area contributed by atoms with Crippen LogP contribution >= 0.6 is 0 Å². The quantitative estimate of drug-likeness (QED) is 0.335. The number of rotatable bonds is 5. The lowest BCUT2D eigenvalue weighted by molar-refractivity contribution is -0.0987. The van der Waals surface area contributed by atoms with Gasteiger partial charge < -0.3 is 20.6 Å². The van der Waals surface area contributed by atoms with Gasteiger partial charge in [-0.15, -0.1) is 0 Å². The van der Waals surface area contributed by atoms with E-state index in [0.717, 1.165) is 33.3 Å². The zero-order valence-corrected chi connectivity index (χ0v) is 21.7. The molecular weight excluding hydrogens is 452 g/mol. The maximum atomic E-state index is 8.00. The highest BCUT2D eigenvalue weighted by molar-refractivity contribution is 5.88. The number of aliphatic imine (C=N–C) groups is 1. The molecule has 0 unspecified atom stereocenters. The first-order chi connectivity index (χ1) is 17.7. The molecule has 2 aromatic heterocycles. The molecule has 8 heteroatoms. The third-order valence-electron chi connectivity index (χ3n) is 4.45. The van der Waals surface area contributed by atoms with Crippen molar-refractivity contribution in [3.63, 3.8) is 0 Å². The Balaban J connectivity index is 0.00000140. The van der Waals surface area contributed by atoms with E-state index in [1.807, 2.05) is 103 Å². The van der Waals surface area contributed by atoms with E-state index in [4.69, 9.17) is 15.3 Å². The summed E-state index contributed by atoms with van der Waals surface area (Å²) in [6.45, 7) is 15.8. The van der Waals surface area contributed by atoms with Crippen LogP contribution in [0.15, 0.2) is 78.6 Å². The van der Waals surface area contributed by atoms with Gasteiger partial charge in [0.2, 0.25) is 0 Å². The summed E-state index contributed by atoms with van der Waals surface area (Å²) in [4.78, 5) is 25.2. The molecule has 2 heterocycles. The van der Waals surface area contributed by atoms with Gasteiger partial charge in [-0.25, -0.2) is 4.99 Å². The molecule has 2 aromatic carbocycles. The average molecular weight is 489 g/mol. The zero-order valence-electron chi connectivity index (χ0n) is 21.7. The van der Waals surface area contributed by atoms with Crippen LogP contribution in [-0.4, -0.2) is 41.6 Å². The average Bonchev–Trinajstić information content (AvgIpc) is 3.40. The fourth-order valence-corrected chi connectivity index (χ4v) is 2.97. The summed E-state index contributed by atoms with van der Waals surface area (Å²) >= 11 is 0. The van der Waals surface area contributed by atoms with Crippen molar-refractivity contribution in [1.29, 1.82) is 0 Å². The molecule has 0 aliphatic heterocycles. The summed E-state index contributed by atoms with van der Waals surface area (Å²) in [5.74, 6) is 0.917. The number of nitrogens with zero attached hydrogens (tertiary/aromatic N) is 4. The van der Waals surface area contributed by atoms with Gasteiger partial charge in [0, 0.05) is 41.7 Å². The minimum absolute atomic E-state index is 0.303. The summed E-state index contributed by atoms with van der Waals surface area (Å²) in [6.07, 6.45) is 5.35. The summed E-state index contributed by atoms with van der Waals surface area (Å²) in [6, 6.07) is 18.0. The molecule has 0 fully saturated rings. The Morgan fingerprint density at radius 2 is 1.58 bits per heavy atom. The van der Waals surface area contributed by atoms with Gasteiger partial charge in [0.25, 0.3) is 0 Å². The Morgan fingerprint density at radius 1 is 0.972 bits per heavy atom. The fraction of sp³-hybridized carbons (Fsp3) is 0.179. The summed E-state index contributed by atoms with van der Waals surface area (Å²) < 4.78 is 1.53. The molecule has 0 saturated heterocycles. The van der Waals surface area contributed by atoms with Gasteiger partial charge in [-0.1, -0.05) is 64.6 Å². The van der Waals surface area contributed by atoms with Crippen LogP contribution in [0, 0.1) is 0 Å². The van der Waals surface area contributed by atoms with E-state index in [1.54, 1.807) is 12.4 Å². The van der Waals surface area contributed by atoms with E-state index in [-0.39, 0.29) is 0 Å². The molecular formula is C28H36N6O2. The molecule has 0 aliphatic rings. The smallest absolute Gasteiger partial charge is 0.165 e. The number of carbonyl (C=O) groups is 2. The van der Waals surface area contributed by atoms with E-state index >= 15 is 0 Å². The van der Waals surface area contributed by atoms with Crippen molar-refractivity contribution >= 4 is 48.0 Å². The second kappa shape index (κ2) is 17.8. The molecule has 3 N–H and O–H groups in total. The number of fused-ring (bicyclic) bond motifs is 1. The minimum atomic E-state index is 0.303. The van der Waals surface area contributed by atoms with Crippen molar-refractivity contribution < 1.29 is 9.59 Å². The molecule has 4 aromatic rings. The molecule has 0 spiro atoms. The number of carbonyl (C=O) groups excluding carboxylic acids is 2. The van der Waals surface area contributed by atoms with Crippen molar-refractivity contribution in [1.82, 2.24) is 14.8 Å². The van der Waals surface area contributed by atoms with Crippen LogP contribution in [-0.2, 0) is 9.59 Å². The lowest BCUT2D eigenvalue weighted by Gasteiger charge is -2.06. The Labute approximate surface area is 213 Å². The van der Waals surface area contributed by atoms with Crippen LogP contribution in [0.2, 0.25) is 0 Å². The molecule has 4 rings (SSSR count). The third-order valence-corrected chi connectivity index (χ3v) is 4.45. The highest BCUT2D eigenvalue weighted by Gasteiger charge is 2.13. The van der Waals surface area contributed by atoms with Crippen molar-refractivity contribution in [2.24, 2.45) is 10.7 Å². The first kappa shape index (κ1) is 31.4. The number of para-hydroxylation sites is 1. The number of hydrogen-bond acceptors (Lipinski definition) is 7. The lowest BCUT2D eigenvalue weighted by atomic mass is 10.1. The number of nitrogens with one attached hydrogen (secondary N) is 1. The molecule has 0 radical (unpaired) electrons. The highest BCUT2D eigenvalue weighted by Crippen LogP contribution is 2.32. The molecule has 0 aliphatic carbocycles. The number of hydrogen-bond donors (Lipinski definition) is 2. The molecule has 0 amide bonds. The second-order valence-corrected chi connectivity index (χ2v) is 6.33. The van der Waals surface area contributed by atoms with Crippen LogP contribution in [0.5, 0.6) is 0 Å². The minimum Gasteiger partial charge on any atom is -0.388 e. The van der Waals surface area contributed by atoms with Gasteiger partial charge in [0.05, 0.1) is 11.7 Å². The number of benzene rings is 2. The van der Waals surface area contributed by atoms with Crippen molar-refractivity contribution in [2.45, 2.75) is 27.7 Å². The number of aromatic nitrogens is 3. The first-order valence-electron chi connectivity index (χ1n) is 11.4. The summed E-state index contributed by atoms with van der Waals surface area (Å²) in [7, 11) is 1.89. The Hall–Kier alpha value is -4.59. The van der Waals surface area contributed by atoms with E-state index in [1.165, 1.54) is 4.68 Å². The maximum Gasteiger partial charge on any atom is 0.165 e. The van der Waals surface area contributed by atoms with Crippen LogP contribution < -0.4 is 11.1 Å². The van der Waals surface area contributed by atoms with E-state index in [2.05, 4.69) is 33.0 Å². The van der Waals surface area contributed by atoms with Gasteiger partial charge >= 0.3 is 0 Å². The summed E-state index contributed by atoms with van der Waals surface area (Å²) in [5.41, 5.74) is 10.6. The maximum absolute atomic E-state index is 8.00. The predicted molar refractivity (Wildman–Crippen MR) is 153 cm³/mol. The van der Waals surface area contributed by atoms with Gasteiger partial charge in [-0.05, 0) is 29.8 Å². The molecule has 0 atom stereocenters. The lowest BCUT2D eigenvalue weighted by Crippen LogP contribution is -2.05. The predicted octanol–water partition coefficient (Wildman–Crippen LogP) is 5.96. The van der Waals surface area contributed by atoms with Gasteiger partial charge in [-0.3, -0.25) is 4.98 Å². The zero-order chi connectivity index (χ0) is 27.5. The van der Waals surface area contributed by atoms with E-state index in [0.29, 0.717) is 11.6 Å². The van der Waals surface area contributed by atoms with Crippen molar-refractivity contribution in [2.75, 3.05) is 12.4 Å². The van der Waals surface area contributed by atoms with E-state index < -0.39 is 0 Å². The molecule has 8 nitrogen and oxygen atoms in total. The van der Waals surface area contributed by atoms with E-state index in [9.17, 15) is 0 Å². The second-order valence-electron chi connectivity index (χ2n) is 6.33. The van der Waals surface area contributed by atoms with Crippen LogP contribution in [0.4, 0.5) is 11.5 Å². The topological polar surface area (TPSA) is 115 Å². The fourth-order valence-electron chi connectivity index (χ4n) is 2.97. The SMILES string of the molecule is C=C(N)n1ncc(-c2cnc3ccccc3c2)c1/N=C/c1ccc(NC)cc1.C=O.C=O.CC.CC.